The Hall–Kier alpha value is -7.16. The van der Waals surface area contributed by atoms with E-state index < -0.39 is 0 Å². The number of benzene rings is 8. The molecular weight excluding hydrogens is 689 g/mol. The average molecular weight is 729 g/mol. The van der Waals surface area contributed by atoms with Crippen LogP contribution in [-0.2, 0) is 5.41 Å². The second-order valence-corrected chi connectivity index (χ2v) is 15.4. The van der Waals surface area contributed by atoms with E-state index in [-0.39, 0.29) is 5.41 Å². The Morgan fingerprint density at radius 2 is 0.719 bits per heavy atom. The summed E-state index contributed by atoms with van der Waals surface area (Å²) in [5.74, 6) is 0.697. The highest BCUT2D eigenvalue weighted by Gasteiger charge is 2.37. The monoisotopic (exact) mass is 728 g/mol. The van der Waals surface area contributed by atoms with Crippen molar-refractivity contribution in [3.8, 4) is 89.5 Å². The standard InChI is InChI=1S/C55H40N2/c1-55(2)50-28-10-9-25-48(50)49-27-14-26-47(53(49)55)44-22-11-19-41(33-44)39-29-31-40(32-30-39)51-36-52(45-23-12-20-42(34-45)37-15-5-3-6-16-37)57-54(56-51)46-24-13-21-43(35-46)38-17-7-4-8-18-38/h3-36H,1-2H3. The Balaban J connectivity index is 1.03. The fourth-order valence-corrected chi connectivity index (χ4v) is 8.62. The third kappa shape index (κ3) is 6.36. The van der Waals surface area contributed by atoms with E-state index in [1.165, 1.54) is 44.5 Å². The van der Waals surface area contributed by atoms with Crippen LogP contribution in [0.4, 0.5) is 0 Å². The van der Waals surface area contributed by atoms with Crippen molar-refractivity contribution in [2.75, 3.05) is 0 Å². The molecule has 8 aromatic carbocycles. The summed E-state index contributed by atoms with van der Waals surface area (Å²) in [6, 6.07) is 73.7. The van der Waals surface area contributed by atoms with Gasteiger partial charge in [-0.3, -0.25) is 0 Å². The van der Waals surface area contributed by atoms with E-state index in [1.54, 1.807) is 0 Å². The van der Waals surface area contributed by atoms with Gasteiger partial charge >= 0.3 is 0 Å². The molecule has 0 amide bonds. The van der Waals surface area contributed by atoms with E-state index in [0.717, 1.165) is 50.3 Å². The number of hydrogen-bond donors (Lipinski definition) is 0. The number of nitrogens with zero attached hydrogens (tertiary/aromatic N) is 2. The molecule has 0 aliphatic heterocycles. The summed E-state index contributed by atoms with van der Waals surface area (Å²) in [4.78, 5) is 10.4. The first kappa shape index (κ1) is 34.3. The SMILES string of the molecule is CC1(C)c2ccccc2-c2cccc(-c3cccc(-c4ccc(-c5cc(-c6cccc(-c7ccccc7)c6)nc(-c6cccc(-c7ccccc7)c6)n5)cc4)c3)c21. The van der Waals surface area contributed by atoms with Gasteiger partial charge in [0.15, 0.2) is 5.82 Å². The number of aromatic nitrogens is 2. The molecule has 0 saturated heterocycles. The van der Waals surface area contributed by atoms with Gasteiger partial charge in [0.1, 0.15) is 0 Å². The molecule has 270 valence electrons. The minimum absolute atomic E-state index is 0.0822. The van der Waals surface area contributed by atoms with Crippen LogP contribution in [0.25, 0.3) is 89.5 Å². The summed E-state index contributed by atoms with van der Waals surface area (Å²) in [7, 11) is 0. The Kier molecular flexibility index (Phi) is 8.53. The van der Waals surface area contributed by atoms with Crippen LogP contribution < -0.4 is 0 Å². The van der Waals surface area contributed by atoms with Crippen molar-refractivity contribution in [3.05, 3.63) is 217 Å². The first-order valence-electron chi connectivity index (χ1n) is 19.6. The molecule has 1 aliphatic rings. The average Bonchev–Trinajstić information content (AvgIpc) is 3.53. The van der Waals surface area contributed by atoms with Crippen LogP contribution in [0, 0.1) is 0 Å². The Labute approximate surface area is 334 Å². The fourth-order valence-electron chi connectivity index (χ4n) is 8.62. The maximum atomic E-state index is 5.22. The van der Waals surface area contributed by atoms with Crippen molar-refractivity contribution >= 4 is 0 Å². The first-order chi connectivity index (χ1) is 28.0. The molecule has 2 heteroatoms. The van der Waals surface area contributed by atoms with Crippen LogP contribution in [0.15, 0.2) is 206 Å². The number of fused-ring (bicyclic) bond motifs is 3. The zero-order valence-corrected chi connectivity index (χ0v) is 32.0. The zero-order valence-electron chi connectivity index (χ0n) is 32.0. The van der Waals surface area contributed by atoms with Gasteiger partial charge in [-0.15, -0.1) is 0 Å². The summed E-state index contributed by atoms with van der Waals surface area (Å²) in [5.41, 5.74) is 19.7. The molecule has 10 rings (SSSR count). The van der Waals surface area contributed by atoms with E-state index in [0.29, 0.717) is 5.82 Å². The minimum Gasteiger partial charge on any atom is -0.228 e. The van der Waals surface area contributed by atoms with Gasteiger partial charge < -0.3 is 0 Å². The summed E-state index contributed by atoms with van der Waals surface area (Å²) in [6.45, 7) is 4.71. The lowest BCUT2D eigenvalue weighted by molar-refractivity contribution is 0.662. The maximum Gasteiger partial charge on any atom is 0.160 e. The lowest BCUT2D eigenvalue weighted by Gasteiger charge is -2.24. The fraction of sp³-hybridized carbons (Fsp3) is 0.0545. The highest BCUT2D eigenvalue weighted by atomic mass is 14.9. The Bertz CT molecular complexity index is 2810. The molecule has 0 bridgehead atoms. The third-order valence-corrected chi connectivity index (χ3v) is 11.5. The van der Waals surface area contributed by atoms with Crippen LogP contribution in [0.2, 0.25) is 0 Å². The summed E-state index contributed by atoms with van der Waals surface area (Å²) in [6.07, 6.45) is 0. The lowest BCUT2D eigenvalue weighted by Crippen LogP contribution is -2.16. The van der Waals surface area contributed by atoms with E-state index in [1.807, 2.05) is 6.07 Å². The van der Waals surface area contributed by atoms with Gasteiger partial charge in [-0.2, -0.15) is 0 Å². The Morgan fingerprint density at radius 3 is 1.39 bits per heavy atom. The quantitative estimate of drug-likeness (QED) is 0.163. The molecular formula is C55H40N2. The minimum atomic E-state index is -0.0822. The highest BCUT2D eigenvalue weighted by molar-refractivity contribution is 5.89. The van der Waals surface area contributed by atoms with Crippen molar-refractivity contribution in [1.82, 2.24) is 9.97 Å². The van der Waals surface area contributed by atoms with E-state index >= 15 is 0 Å². The van der Waals surface area contributed by atoms with Crippen LogP contribution in [0.5, 0.6) is 0 Å². The molecule has 0 unspecified atom stereocenters. The van der Waals surface area contributed by atoms with Gasteiger partial charge in [-0.25, -0.2) is 9.97 Å². The summed E-state index contributed by atoms with van der Waals surface area (Å²) < 4.78 is 0. The van der Waals surface area contributed by atoms with Gasteiger partial charge in [0, 0.05) is 22.1 Å². The maximum absolute atomic E-state index is 5.22. The van der Waals surface area contributed by atoms with Crippen molar-refractivity contribution in [1.29, 1.82) is 0 Å². The normalized spacial score (nSPS) is 12.5. The molecule has 0 saturated carbocycles. The van der Waals surface area contributed by atoms with Crippen molar-refractivity contribution in [3.63, 3.8) is 0 Å². The molecule has 2 nitrogen and oxygen atoms in total. The lowest BCUT2D eigenvalue weighted by atomic mass is 9.78. The molecule has 1 heterocycles. The largest absolute Gasteiger partial charge is 0.228 e. The molecule has 1 aliphatic carbocycles. The van der Waals surface area contributed by atoms with Gasteiger partial charge in [0.2, 0.25) is 0 Å². The topological polar surface area (TPSA) is 25.8 Å². The molecule has 1 aromatic heterocycles. The van der Waals surface area contributed by atoms with Crippen LogP contribution >= 0.6 is 0 Å². The molecule has 57 heavy (non-hydrogen) atoms. The Morgan fingerprint density at radius 1 is 0.298 bits per heavy atom. The van der Waals surface area contributed by atoms with Gasteiger partial charge in [0.25, 0.3) is 0 Å². The molecule has 9 aromatic rings. The smallest absolute Gasteiger partial charge is 0.160 e. The van der Waals surface area contributed by atoms with Crippen LogP contribution in [0.3, 0.4) is 0 Å². The number of rotatable bonds is 7. The van der Waals surface area contributed by atoms with Crippen LogP contribution in [0.1, 0.15) is 25.0 Å². The van der Waals surface area contributed by atoms with Gasteiger partial charge in [-0.05, 0) is 91.0 Å². The van der Waals surface area contributed by atoms with Gasteiger partial charge in [0.05, 0.1) is 11.4 Å². The first-order valence-corrected chi connectivity index (χ1v) is 19.6. The third-order valence-electron chi connectivity index (χ3n) is 11.5. The summed E-state index contributed by atoms with van der Waals surface area (Å²) >= 11 is 0. The molecule has 0 fully saturated rings. The highest BCUT2D eigenvalue weighted by Crippen LogP contribution is 2.52. The predicted octanol–water partition coefficient (Wildman–Crippen LogP) is 14.5. The zero-order chi connectivity index (χ0) is 38.3. The van der Waals surface area contributed by atoms with Crippen LogP contribution in [-0.4, -0.2) is 9.97 Å². The van der Waals surface area contributed by atoms with Crippen molar-refractivity contribution < 1.29 is 0 Å². The number of hydrogen-bond acceptors (Lipinski definition) is 2. The summed E-state index contributed by atoms with van der Waals surface area (Å²) in [5, 5.41) is 0. The van der Waals surface area contributed by atoms with Gasteiger partial charge in [-0.1, -0.05) is 196 Å². The molecule has 0 spiro atoms. The predicted molar refractivity (Wildman–Crippen MR) is 238 cm³/mol. The second kappa shape index (κ2) is 14.2. The van der Waals surface area contributed by atoms with E-state index in [2.05, 4.69) is 214 Å². The molecule has 0 radical (unpaired) electrons. The molecule has 0 N–H and O–H groups in total. The van der Waals surface area contributed by atoms with Crippen molar-refractivity contribution in [2.24, 2.45) is 0 Å². The second-order valence-electron chi connectivity index (χ2n) is 15.4. The van der Waals surface area contributed by atoms with E-state index in [9.17, 15) is 0 Å². The van der Waals surface area contributed by atoms with Crippen molar-refractivity contribution in [2.45, 2.75) is 19.3 Å². The molecule has 0 atom stereocenters. The van der Waals surface area contributed by atoms with E-state index in [4.69, 9.17) is 9.97 Å².